The van der Waals surface area contributed by atoms with Gasteiger partial charge in [0.1, 0.15) is 24.4 Å². The van der Waals surface area contributed by atoms with Crippen LogP contribution in [0, 0.1) is 5.92 Å². The van der Waals surface area contributed by atoms with Gasteiger partial charge in [-0.25, -0.2) is 4.98 Å². The van der Waals surface area contributed by atoms with Crippen LogP contribution in [0.3, 0.4) is 0 Å². The molecule has 2 aromatic rings. The van der Waals surface area contributed by atoms with Crippen LogP contribution in [0.15, 0.2) is 35.2 Å². The molecule has 150 valence electrons. The van der Waals surface area contributed by atoms with Crippen molar-refractivity contribution in [1.82, 2.24) is 15.5 Å². The number of hydrogen-bond donors (Lipinski definition) is 2. The maximum atomic E-state index is 12.9. The second-order valence-corrected chi connectivity index (χ2v) is 7.58. The molecule has 0 bridgehead atoms. The highest BCUT2D eigenvalue weighted by Gasteiger charge is 2.53. The number of hydrogen-bond acceptors (Lipinski definition) is 8. The van der Waals surface area contributed by atoms with E-state index >= 15 is 0 Å². The first-order valence-corrected chi connectivity index (χ1v) is 9.82. The van der Waals surface area contributed by atoms with Gasteiger partial charge in [-0.1, -0.05) is 12.8 Å². The van der Waals surface area contributed by atoms with Gasteiger partial charge in [0.25, 0.3) is 5.88 Å². The van der Waals surface area contributed by atoms with E-state index in [1.807, 2.05) is 12.1 Å². The molecule has 0 aromatic carbocycles. The molecule has 8 heteroatoms. The number of ketones is 1. The maximum Gasteiger partial charge on any atom is 0.254 e. The van der Waals surface area contributed by atoms with Crippen LogP contribution in [0.2, 0.25) is 0 Å². The number of nitrogens with zero attached hydrogens (tertiary/aromatic N) is 2. The highest BCUT2D eigenvalue weighted by atomic mass is 16.6. The van der Waals surface area contributed by atoms with Crippen LogP contribution < -0.4 is 15.8 Å². The van der Waals surface area contributed by atoms with Gasteiger partial charge in [-0.3, -0.25) is 10.1 Å². The summed E-state index contributed by atoms with van der Waals surface area (Å²) in [6, 6.07) is 4.97. The zero-order chi connectivity index (χ0) is 19.4. The van der Waals surface area contributed by atoms with Crippen molar-refractivity contribution in [3.8, 4) is 5.88 Å². The second kappa shape index (κ2) is 8.28. The third-order valence-corrected chi connectivity index (χ3v) is 5.62. The topological polar surface area (TPSA) is 116 Å². The van der Waals surface area contributed by atoms with Gasteiger partial charge in [-0.05, 0) is 48.5 Å². The second-order valence-electron chi connectivity index (χ2n) is 7.58. The maximum absolute atomic E-state index is 12.9. The van der Waals surface area contributed by atoms with Crippen molar-refractivity contribution in [2.45, 2.75) is 50.3 Å². The van der Waals surface area contributed by atoms with Gasteiger partial charge in [0.2, 0.25) is 0 Å². The number of epoxide rings is 1. The number of nitrogens with two attached hydrogens (primary N) is 1. The summed E-state index contributed by atoms with van der Waals surface area (Å²) in [5.41, 5.74) is 6.46. The first kappa shape index (κ1) is 18.9. The number of pyridine rings is 1. The number of anilines is 1. The number of ether oxygens (including phenoxy) is 2. The lowest BCUT2D eigenvalue weighted by molar-refractivity contribution is -0.124. The number of Topliss-reactive ketones (excluding diaryl/α,β-unsaturated/α-hetero) is 1. The quantitative estimate of drug-likeness (QED) is 0.597. The van der Waals surface area contributed by atoms with Gasteiger partial charge in [0.05, 0.1) is 12.6 Å². The summed E-state index contributed by atoms with van der Waals surface area (Å²) < 4.78 is 16.0. The van der Waals surface area contributed by atoms with Crippen LogP contribution in [0.1, 0.15) is 37.7 Å². The number of carbonyl (C=O) groups is 1. The molecule has 28 heavy (non-hydrogen) atoms. The van der Waals surface area contributed by atoms with Crippen LogP contribution in [0.25, 0.3) is 0 Å². The molecule has 3 heterocycles. The van der Waals surface area contributed by atoms with Gasteiger partial charge in [0, 0.05) is 18.2 Å². The molecule has 3 N–H and O–H groups in total. The summed E-state index contributed by atoms with van der Waals surface area (Å²) in [7, 11) is 0. The van der Waals surface area contributed by atoms with Crippen molar-refractivity contribution >= 4 is 11.6 Å². The van der Waals surface area contributed by atoms with Crippen molar-refractivity contribution in [2.24, 2.45) is 5.92 Å². The van der Waals surface area contributed by atoms with Gasteiger partial charge in [-0.2, -0.15) is 0 Å². The summed E-state index contributed by atoms with van der Waals surface area (Å²) >= 11 is 0. The van der Waals surface area contributed by atoms with E-state index < -0.39 is 0 Å². The number of nitrogens with one attached hydrogen (secondary N) is 1. The van der Waals surface area contributed by atoms with E-state index in [4.69, 9.17) is 19.7 Å². The lowest BCUT2D eigenvalue weighted by Crippen LogP contribution is -2.50. The predicted molar refractivity (Wildman–Crippen MR) is 102 cm³/mol. The Bertz CT molecular complexity index is 785. The fourth-order valence-corrected chi connectivity index (χ4v) is 4.00. The minimum absolute atomic E-state index is 0.0297. The zero-order valence-electron chi connectivity index (χ0n) is 15.8. The molecule has 0 radical (unpaired) electrons. The number of rotatable bonds is 10. The van der Waals surface area contributed by atoms with Crippen molar-refractivity contribution in [3.05, 3.63) is 36.2 Å². The molecule has 1 aliphatic heterocycles. The van der Waals surface area contributed by atoms with E-state index in [9.17, 15) is 4.79 Å². The fraction of sp³-hybridized carbons (Fsp3) is 0.550. The molecule has 2 fully saturated rings. The standard InChI is InChI=1S/C20H26N4O4/c21-18-11-14(7-9-22-18)5-6-16(17(25)12-26-19-8-10-28-24-19)23-20(13-27-20)15-3-1-2-4-15/h7-11,15-16,23H,1-6,12-13H2,(H2,21,22). The molecule has 4 rings (SSSR count). The van der Waals surface area contributed by atoms with Gasteiger partial charge < -0.3 is 19.7 Å². The molecule has 0 amide bonds. The minimum atomic E-state index is -0.371. The molecular weight excluding hydrogens is 360 g/mol. The van der Waals surface area contributed by atoms with Crippen LogP contribution in [0.5, 0.6) is 5.88 Å². The van der Waals surface area contributed by atoms with Crippen molar-refractivity contribution in [2.75, 3.05) is 18.9 Å². The smallest absolute Gasteiger partial charge is 0.254 e. The number of aromatic nitrogens is 2. The molecule has 1 aliphatic carbocycles. The SMILES string of the molecule is Nc1cc(CCC(NC2(C3CCCC3)CO2)C(=O)COc2ccon2)ccn1. The van der Waals surface area contributed by atoms with Gasteiger partial charge in [0.15, 0.2) is 5.78 Å². The van der Waals surface area contributed by atoms with Crippen LogP contribution >= 0.6 is 0 Å². The predicted octanol–water partition coefficient (Wildman–Crippen LogP) is 2.11. The average Bonchev–Trinajstić information content (AvgIpc) is 3.11. The number of nitrogen functional groups attached to an aromatic ring is 1. The highest BCUT2D eigenvalue weighted by Crippen LogP contribution is 2.43. The van der Waals surface area contributed by atoms with Gasteiger partial charge in [-0.15, -0.1) is 0 Å². The van der Waals surface area contributed by atoms with Crippen LogP contribution in [-0.4, -0.2) is 40.9 Å². The highest BCUT2D eigenvalue weighted by molar-refractivity contribution is 5.85. The summed E-state index contributed by atoms with van der Waals surface area (Å²) in [5, 5.41) is 7.20. The average molecular weight is 386 g/mol. The summed E-state index contributed by atoms with van der Waals surface area (Å²) in [6.45, 7) is 0.594. The molecule has 2 atom stereocenters. The Labute approximate surface area is 163 Å². The Morgan fingerprint density at radius 3 is 2.89 bits per heavy atom. The Kier molecular flexibility index (Phi) is 5.59. The molecular formula is C20H26N4O4. The molecule has 2 unspecified atom stereocenters. The first-order valence-electron chi connectivity index (χ1n) is 9.82. The van der Waals surface area contributed by atoms with Crippen LogP contribution in [-0.2, 0) is 16.0 Å². The molecule has 0 spiro atoms. The van der Waals surface area contributed by atoms with Crippen molar-refractivity contribution < 1.29 is 18.8 Å². The largest absolute Gasteiger partial charge is 0.467 e. The molecule has 8 nitrogen and oxygen atoms in total. The van der Waals surface area contributed by atoms with E-state index in [2.05, 4.69) is 15.5 Å². The van der Waals surface area contributed by atoms with Crippen molar-refractivity contribution in [3.63, 3.8) is 0 Å². The molecule has 1 saturated carbocycles. The van der Waals surface area contributed by atoms with E-state index in [-0.39, 0.29) is 24.2 Å². The van der Waals surface area contributed by atoms with Crippen LogP contribution in [0.4, 0.5) is 5.82 Å². The monoisotopic (exact) mass is 386 g/mol. The fourth-order valence-electron chi connectivity index (χ4n) is 4.00. The Morgan fingerprint density at radius 2 is 2.21 bits per heavy atom. The summed E-state index contributed by atoms with van der Waals surface area (Å²) in [4.78, 5) is 16.9. The Balaban J connectivity index is 1.41. The lowest BCUT2D eigenvalue weighted by atomic mass is 9.95. The minimum Gasteiger partial charge on any atom is -0.467 e. The first-order chi connectivity index (χ1) is 13.6. The molecule has 2 aromatic heterocycles. The lowest BCUT2D eigenvalue weighted by Gasteiger charge is -2.26. The van der Waals surface area contributed by atoms with Gasteiger partial charge >= 0.3 is 0 Å². The summed E-state index contributed by atoms with van der Waals surface area (Å²) in [6.07, 6.45) is 9.17. The Hall–Kier alpha value is -2.45. The third-order valence-electron chi connectivity index (χ3n) is 5.62. The third kappa shape index (κ3) is 4.51. The van der Waals surface area contributed by atoms with Crippen molar-refractivity contribution in [1.29, 1.82) is 0 Å². The molecule has 2 aliphatic rings. The van der Waals surface area contributed by atoms with E-state index in [0.29, 0.717) is 37.1 Å². The Morgan fingerprint density at radius 1 is 1.39 bits per heavy atom. The molecule has 1 saturated heterocycles. The normalized spacial score (nSPS) is 22.9. The van der Waals surface area contributed by atoms with E-state index in [1.165, 1.54) is 19.1 Å². The van der Waals surface area contributed by atoms with E-state index in [0.717, 1.165) is 18.4 Å². The van der Waals surface area contributed by atoms with E-state index in [1.54, 1.807) is 12.3 Å². The zero-order valence-corrected chi connectivity index (χ0v) is 15.8. The number of carbonyl (C=O) groups excluding carboxylic acids is 1. The number of aryl methyl sites for hydroxylation is 1. The summed E-state index contributed by atoms with van der Waals surface area (Å²) in [5.74, 6) is 1.23.